The number of hydrogen-bond acceptors (Lipinski definition) is 2. The predicted octanol–water partition coefficient (Wildman–Crippen LogP) is 4.13. The average Bonchev–Trinajstić information content (AvgIpc) is 2.45. The van der Waals surface area contributed by atoms with Crippen molar-refractivity contribution in [2.45, 2.75) is 26.5 Å². The molecule has 1 N–H and O–H groups in total. The first-order valence-corrected chi connectivity index (χ1v) is 6.86. The van der Waals surface area contributed by atoms with Gasteiger partial charge in [0.15, 0.2) is 0 Å². The molecule has 0 aliphatic rings. The quantitative estimate of drug-likeness (QED) is 0.894. The zero-order chi connectivity index (χ0) is 15.4. The number of aryl methyl sites for hydroxylation is 1. The second-order valence-electron chi connectivity index (χ2n) is 5.05. The van der Waals surface area contributed by atoms with Crippen LogP contribution in [0.4, 0.5) is 8.78 Å². The maximum Gasteiger partial charge on any atom is 0.131 e. The Morgan fingerprint density at radius 2 is 1.90 bits per heavy atom. The molecule has 0 aliphatic heterocycles. The topological polar surface area (TPSA) is 21.3 Å². The van der Waals surface area contributed by atoms with Crippen LogP contribution >= 0.6 is 0 Å². The SMILES string of the molecule is CNC(C)c1ccc(OCc2ccc(F)cc2C)cc1F. The lowest BCUT2D eigenvalue weighted by atomic mass is 10.1. The number of rotatable bonds is 5. The van der Waals surface area contributed by atoms with E-state index in [-0.39, 0.29) is 24.3 Å². The maximum atomic E-state index is 14.0. The summed E-state index contributed by atoms with van der Waals surface area (Å²) in [5.74, 6) is -0.110. The highest BCUT2D eigenvalue weighted by Crippen LogP contribution is 2.22. The van der Waals surface area contributed by atoms with Crippen LogP contribution in [0.25, 0.3) is 0 Å². The molecule has 0 aliphatic carbocycles. The van der Waals surface area contributed by atoms with Gasteiger partial charge in [0.2, 0.25) is 0 Å². The molecular formula is C17H19F2NO. The lowest BCUT2D eigenvalue weighted by Gasteiger charge is -2.14. The van der Waals surface area contributed by atoms with Gasteiger partial charge >= 0.3 is 0 Å². The Labute approximate surface area is 123 Å². The van der Waals surface area contributed by atoms with E-state index in [0.29, 0.717) is 11.3 Å². The van der Waals surface area contributed by atoms with Gasteiger partial charge in [0.1, 0.15) is 24.0 Å². The summed E-state index contributed by atoms with van der Waals surface area (Å²) in [6, 6.07) is 9.30. The summed E-state index contributed by atoms with van der Waals surface area (Å²) < 4.78 is 32.6. The fourth-order valence-electron chi connectivity index (χ4n) is 2.09. The molecule has 4 heteroatoms. The zero-order valence-corrected chi connectivity index (χ0v) is 12.4. The molecule has 0 saturated heterocycles. The number of halogens is 2. The Bertz CT molecular complexity index is 628. The van der Waals surface area contributed by atoms with Crippen LogP contribution in [0.5, 0.6) is 5.75 Å². The van der Waals surface area contributed by atoms with Gasteiger partial charge in [-0.2, -0.15) is 0 Å². The molecule has 0 fully saturated rings. The first-order valence-electron chi connectivity index (χ1n) is 6.86. The first kappa shape index (κ1) is 15.4. The minimum absolute atomic E-state index is 0.0570. The van der Waals surface area contributed by atoms with Crippen molar-refractivity contribution in [3.63, 3.8) is 0 Å². The van der Waals surface area contributed by atoms with Crippen LogP contribution in [0.15, 0.2) is 36.4 Å². The summed E-state index contributed by atoms with van der Waals surface area (Å²) in [6.45, 7) is 3.99. The molecule has 2 aromatic rings. The van der Waals surface area contributed by atoms with Crippen LogP contribution in [0.3, 0.4) is 0 Å². The lowest BCUT2D eigenvalue weighted by Crippen LogP contribution is -2.13. The second kappa shape index (κ2) is 6.68. The van der Waals surface area contributed by atoms with Gasteiger partial charge in [0.05, 0.1) is 0 Å². The monoisotopic (exact) mass is 291 g/mol. The summed E-state index contributed by atoms with van der Waals surface area (Å²) in [5.41, 5.74) is 2.29. The molecule has 2 rings (SSSR count). The van der Waals surface area contributed by atoms with Gasteiger partial charge in [-0.15, -0.1) is 0 Å². The van der Waals surface area contributed by atoms with Crippen LogP contribution in [0.2, 0.25) is 0 Å². The van der Waals surface area contributed by atoms with Crippen molar-refractivity contribution in [3.05, 3.63) is 64.7 Å². The number of nitrogens with one attached hydrogen (secondary N) is 1. The van der Waals surface area contributed by atoms with Gasteiger partial charge in [0, 0.05) is 17.7 Å². The normalized spacial score (nSPS) is 12.2. The van der Waals surface area contributed by atoms with Crippen LogP contribution in [0.1, 0.15) is 29.7 Å². The molecule has 0 saturated carbocycles. The van der Waals surface area contributed by atoms with Crippen molar-refractivity contribution in [2.75, 3.05) is 7.05 Å². The Morgan fingerprint density at radius 1 is 1.14 bits per heavy atom. The zero-order valence-electron chi connectivity index (χ0n) is 12.4. The average molecular weight is 291 g/mol. The van der Waals surface area contributed by atoms with Gasteiger partial charge in [-0.1, -0.05) is 12.1 Å². The third kappa shape index (κ3) is 3.79. The van der Waals surface area contributed by atoms with Crippen LogP contribution < -0.4 is 10.1 Å². The van der Waals surface area contributed by atoms with Crippen molar-refractivity contribution in [1.29, 1.82) is 0 Å². The number of hydrogen-bond donors (Lipinski definition) is 1. The third-order valence-corrected chi connectivity index (χ3v) is 3.57. The highest BCUT2D eigenvalue weighted by Gasteiger charge is 2.10. The summed E-state index contributed by atoms with van der Waals surface area (Å²) >= 11 is 0. The van der Waals surface area contributed by atoms with Gasteiger partial charge in [-0.25, -0.2) is 8.78 Å². The Balaban J connectivity index is 2.08. The van der Waals surface area contributed by atoms with Gasteiger partial charge in [-0.05, 0) is 50.2 Å². The standard InChI is InChI=1S/C17H19F2NO/c1-11-8-14(18)5-4-13(11)10-21-15-6-7-16(12(2)20-3)17(19)9-15/h4-9,12,20H,10H2,1-3H3. The van der Waals surface area contributed by atoms with E-state index in [1.54, 1.807) is 25.2 Å². The minimum Gasteiger partial charge on any atom is -0.489 e. The van der Waals surface area contributed by atoms with E-state index in [9.17, 15) is 8.78 Å². The third-order valence-electron chi connectivity index (χ3n) is 3.57. The van der Waals surface area contributed by atoms with Gasteiger partial charge in [0.25, 0.3) is 0 Å². The molecule has 2 nitrogen and oxygen atoms in total. The summed E-state index contributed by atoms with van der Waals surface area (Å²) in [4.78, 5) is 0. The molecule has 1 unspecified atom stereocenters. The highest BCUT2D eigenvalue weighted by atomic mass is 19.1. The smallest absolute Gasteiger partial charge is 0.131 e. The fourth-order valence-corrected chi connectivity index (χ4v) is 2.09. The van der Waals surface area contributed by atoms with E-state index in [0.717, 1.165) is 11.1 Å². The molecule has 112 valence electrons. The van der Waals surface area contributed by atoms with Crippen LogP contribution in [-0.4, -0.2) is 7.05 Å². The molecule has 0 heterocycles. The first-order chi connectivity index (χ1) is 10.0. The van der Waals surface area contributed by atoms with Crippen LogP contribution in [-0.2, 0) is 6.61 Å². The minimum atomic E-state index is -0.301. The molecule has 2 aromatic carbocycles. The predicted molar refractivity (Wildman–Crippen MR) is 79.3 cm³/mol. The highest BCUT2D eigenvalue weighted by molar-refractivity contribution is 5.32. The Morgan fingerprint density at radius 3 is 2.52 bits per heavy atom. The van der Waals surface area contributed by atoms with Gasteiger partial charge in [-0.3, -0.25) is 0 Å². The number of benzene rings is 2. The fraction of sp³-hybridized carbons (Fsp3) is 0.294. The van der Waals surface area contributed by atoms with Crippen molar-refractivity contribution in [1.82, 2.24) is 5.32 Å². The van der Waals surface area contributed by atoms with Crippen molar-refractivity contribution < 1.29 is 13.5 Å². The van der Waals surface area contributed by atoms with E-state index in [4.69, 9.17) is 4.74 Å². The molecule has 1 atom stereocenters. The molecule has 0 spiro atoms. The van der Waals surface area contributed by atoms with E-state index in [2.05, 4.69) is 5.32 Å². The van der Waals surface area contributed by atoms with E-state index in [1.165, 1.54) is 18.2 Å². The summed E-state index contributed by atoms with van der Waals surface area (Å²) in [7, 11) is 1.78. The molecule has 0 aromatic heterocycles. The van der Waals surface area contributed by atoms with E-state index < -0.39 is 0 Å². The summed E-state index contributed by atoms with van der Waals surface area (Å²) in [6.07, 6.45) is 0. The Kier molecular flexibility index (Phi) is 4.91. The summed E-state index contributed by atoms with van der Waals surface area (Å²) in [5, 5.41) is 3.00. The Hall–Kier alpha value is -1.94. The van der Waals surface area contributed by atoms with Crippen molar-refractivity contribution >= 4 is 0 Å². The van der Waals surface area contributed by atoms with Gasteiger partial charge < -0.3 is 10.1 Å². The largest absolute Gasteiger partial charge is 0.489 e. The van der Waals surface area contributed by atoms with E-state index in [1.807, 2.05) is 13.8 Å². The maximum absolute atomic E-state index is 14.0. The molecule has 21 heavy (non-hydrogen) atoms. The lowest BCUT2D eigenvalue weighted by molar-refractivity contribution is 0.303. The van der Waals surface area contributed by atoms with Crippen molar-refractivity contribution in [3.8, 4) is 5.75 Å². The molecule has 0 bridgehead atoms. The van der Waals surface area contributed by atoms with Crippen molar-refractivity contribution in [2.24, 2.45) is 0 Å². The molecule has 0 radical (unpaired) electrons. The van der Waals surface area contributed by atoms with Crippen LogP contribution in [0, 0.1) is 18.6 Å². The molecular weight excluding hydrogens is 272 g/mol. The second-order valence-corrected chi connectivity index (χ2v) is 5.05. The number of ether oxygens (including phenoxy) is 1. The van der Waals surface area contributed by atoms with E-state index >= 15 is 0 Å². The molecule has 0 amide bonds.